The van der Waals surface area contributed by atoms with Gasteiger partial charge in [-0.25, -0.2) is 0 Å². The Balaban J connectivity index is 1.73. The summed E-state index contributed by atoms with van der Waals surface area (Å²) in [5.74, 6) is 1.31. The number of amides is 1. The van der Waals surface area contributed by atoms with Crippen molar-refractivity contribution in [3.05, 3.63) is 29.8 Å². The van der Waals surface area contributed by atoms with Crippen LogP contribution < -0.4 is 15.4 Å². The Labute approximate surface area is 132 Å². The van der Waals surface area contributed by atoms with Crippen LogP contribution in [-0.4, -0.2) is 45.9 Å². The minimum Gasteiger partial charge on any atom is -0.494 e. The molecular formula is C17H26N2O3. The zero-order valence-electron chi connectivity index (χ0n) is 13.3. The number of hydrogen-bond donors (Lipinski definition) is 2. The molecule has 2 N–H and O–H groups in total. The third-order valence-electron chi connectivity index (χ3n) is 3.83. The van der Waals surface area contributed by atoms with Crippen molar-refractivity contribution in [1.82, 2.24) is 10.6 Å². The van der Waals surface area contributed by atoms with E-state index in [9.17, 15) is 4.79 Å². The number of hydrogen-bond acceptors (Lipinski definition) is 4. The highest BCUT2D eigenvalue weighted by atomic mass is 16.5. The zero-order valence-corrected chi connectivity index (χ0v) is 13.3. The Morgan fingerprint density at radius 3 is 2.82 bits per heavy atom. The minimum atomic E-state index is -0.0171. The summed E-state index contributed by atoms with van der Waals surface area (Å²) in [4.78, 5) is 12.1. The lowest BCUT2D eigenvalue weighted by Gasteiger charge is -2.22. The second-order valence-corrected chi connectivity index (χ2v) is 5.64. The highest BCUT2D eigenvalue weighted by Crippen LogP contribution is 2.13. The van der Waals surface area contributed by atoms with E-state index in [1.807, 2.05) is 12.1 Å². The van der Waals surface area contributed by atoms with Crippen LogP contribution in [0.2, 0.25) is 0 Å². The Hall–Kier alpha value is -1.59. The molecule has 1 aliphatic rings. The molecule has 1 atom stereocenters. The smallest absolute Gasteiger partial charge is 0.251 e. The fourth-order valence-electron chi connectivity index (χ4n) is 2.53. The Bertz CT molecular complexity index is 442. The Morgan fingerprint density at radius 2 is 2.14 bits per heavy atom. The van der Waals surface area contributed by atoms with E-state index in [1.165, 1.54) is 12.8 Å². The maximum absolute atomic E-state index is 12.1. The lowest BCUT2D eigenvalue weighted by Crippen LogP contribution is -2.38. The standard InChI is InChI=1S/C17H26N2O3/c1-21-10-3-11-22-16-7-5-15(6-8-16)17(20)19-13-14-4-2-9-18-12-14/h5-8,14,18H,2-4,9-13H2,1H3,(H,19,20). The first-order valence-corrected chi connectivity index (χ1v) is 8.00. The van der Waals surface area contributed by atoms with Crippen LogP contribution in [0.3, 0.4) is 0 Å². The molecule has 1 aliphatic heterocycles. The third kappa shape index (κ3) is 5.66. The molecule has 1 aromatic carbocycles. The fraction of sp³-hybridized carbons (Fsp3) is 0.588. The van der Waals surface area contributed by atoms with Crippen molar-refractivity contribution in [2.24, 2.45) is 5.92 Å². The van der Waals surface area contributed by atoms with E-state index in [0.717, 1.165) is 31.8 Å². The van der Waals surface area contributed by atoms with Crippen molar-refractivity contribution in [2.75, 3.05) is 40.0 Å². The Morgan fingerprint density at radius 1 is 1.32 bits per heavy atom. The predicted octanol–water partition coefficient (Wildman–Crippen LogP) is 1.83. The van der Waals surface area contributed by atoms with Crippen LogP contribution in [0.5, 0.6) is 5.75 Å². The van der Waals surface area contributed by atoms with E-state index < -0.39 is 0 Å². The lowest BCUT2D eigenvalue weighted by molar-refractivity contribution is 0.0945. The predicted molar refractivity (Wildman–Crippen MR) is 86.4 cm³/mol. The SMILES string of the molecule is COCCCOc1ccc(C(=O)NCC2CCCNC2)cc1. The monoisotopic (exact) mass is 306 g/mol. The summed E-state index contributed by atoms with van der Waals surface area (Å²) in [5.41, 5.74) is 0.674. The van der Waals surface area contributed by atoms with Crippen molar-refractivity contribution in [3.63, 3.8) is 0 Å². The maximum atomic E-state index is 12.1. The van der Waals surface area contributed by atoms with Crippen LogP contribution in [0.15, 0.2) is 24.3 Å². The van der Waals surface area contributed by atoms with E-state index in [0.29, 0.717) is 24.7 Å². The number of carbonyl (C=O) groups excluding carboxylic acids is 1. The fourth-order valence-corrected chi connectivity index (χ4v) is 2.53. The molecule has 0 bridgehead atoms. The van der Waals surface area contributed by atoms with Crippen molar-refractivity contribution >= 4 is 5.91 Å². The first kappa shape index (κ1) is 16.8. The molecule has 0 aliphatic carbocycles. The van der Waals surface area contributed by atoms with Crippen LogP contribution in [0.1, 0.15) is 29.6 Å². The average Bonchev–Trinajstić information content (AvgIpc) is 2.58. The van der Waals surface area contributed by atoms with Gasteiger partial charge in [0, 0.05) is 32.2 Å². The number of piperidine rings is 1. The van der Waals surface area contributed by atoms with Gasteiger partial charge in [0.05, 0.1) is 6.61 Å². The van der Waals surface area contributed by atoms with Gasteiger partial charge in [-0.2, -0.15) is 0 Å². The van der Waals surface area contributed by atoms with E-state index in [1.54, 1.807) is 19.2 Å². The van der Waals surface area contributed by atoms with Gasteiger partial charge in [-0.1, -0.05) is 0 Å². The first-order chi connectivity index (χ1) is 10.8. The summed E-state index contributed by atoms with van der Waals surface area (Å²) >= 11 is 0. The van der Waals surface area contributed by atoms with Crippen molar-refractivity contribution in [3.8, 4) is 5.75 Å². The third-order valence-corrected chi connectivity index (χ3v) is 3.83. The zero-order chi connectivity index (χ0) is 15.6. The number of carbonyl (C=O) groups is 1. The maximum Gasteiger partial charge on any atom is 0.251 e. The average molecular weight is 306 g/mol. The molecule has 1 unspecified atom stereocenters. The molecule has 5 heteroatoms. The van der Waals surface area contributed by atoms with Crippen LogP contribution in [0, 0.1) is 5.92 Å². The number of rotatable bonds is 8. The number of benzene rings is 1. The molecule has 22 heavy (non-hydrogen) atoms. The molecule has 122 valence electrons. The molecule has 0 spiro atoms. The van der Waals surface area contributed by atoms with E-state index in [-0.39, 0.29) is 5.91 Å². The summed E-state index contributed by atoms with van der Waals surface area (Å²) in [7, 11) is 1.68. The molecule has 0 radical (unpaired) electrons. The van der Waals surface area contributed by atoms with Gasteiger partial charge in [0.2, 0.25) is 0 Å². The topological polar surface area (TPSA) is 59.6 Å². The van der Waals surface area contributed by atoms with Gasteiger partial charge in [-0.15, -0.1) is 0 Å². The van der Waals surface area contributed by atoms with Gasteiger partial charge < -0.3 is 20.1 Å². The van der Waals surface area contributed by atoms with Crippen molar-refractivity contribution < 1.29 is 14.3 Å². The molecule has 0 saturated carbocycles. The quantitative estimate of drug-likeness (QED) is 0.720. The minimum absolute atomic E-state index is 0.0171. The molecule has 1 aromatic rings. The van der Waals surface area contributed by atoms with Gasteiger partial charge in [0.25, 0.3) is 5.91 Å². The number of nitrogens with one attached hydrogen (secondary N) is 2. The molecule has 0 aromatic heterocycles. The molecule has 2 rings (SSSR count). The number of methoxy groups -OCH3 is 1. The normalized spacial score (nSPS) is 18.0. The molecular weight excluding hydrogens is 280 g/mol. The summed E-state index contributed by atoms with van der Waals surface area (Å²) in [5, 5.41) is 6.37. The van der Waals surface area contributed by atoms with Gasteiger partial charge in [-0.3, -0.25) is 4.79 Å². The van der Waals surface area contributed by atoms with E-state index in [4.69, 9.17) is 9.47 Å². The molecule has 5 nitrogen and oxygen atoms in total. The summed E-state index contributed by atoms with van der Waals surface area (Å²) < 4.78 is 10.5. The highest BCUT2D eigenvalue weighted by molar-refractivity contribution is 5.94. The first-order valence-electron chi connectivity index (χ1n) is 8.00. The van der Waals surface area contributed by atoms with E-state index in [2.05, 4.69) is 10.6 Å². The van der Waals surface area contributed by atoms with Crippen LogP contribution in [0.4, 0.5) is 0 Å². The second kappa shape index (κ2) is 9.43. The molecule has 1 fully saturated rings. The van der Waals surface area contributed by atoms with Gasteiger partial charge in [0.1, 0.15) is 5.75 Å². The lowest BCUT2D eigenvalue weighted by atomic mass is 10.00. The number of ether oxygens (including phenoxy) is 2. The van der Waals surface area contributed by atoms with Crippen LogP contribution in [-0.2, 0) is 4.74 Å². The van der Waals surface area contributed by atoms with Crippen molar-refractivity contribution in [1.29, 1.82) is 0 Å². The second-order valence-electron chi connectivity index (χ2n) is 5.64. The summed E-state index contributed by atoms with van der Waals surface area (Å²) in [6.45, 7) is 4.14. The van der Waals surface area contributed by atoms with Gasteiger partial charge in [-0.05, 0) is 56.1 Å². The van der Waals surface area contributed by atoms with Crippen LogP contribution >= 0.6 is 0 Å². The summed E-state index contributed by atoms with van der Waals surface area (Å²) in [6.07, 6.45) is 3.23. The largest absolute Gasteiger partial charge is 0.494 e. The van der Waals surface area contributed by atoms with Gasteiger partial charge in [0.15, 0.2) is 0 Å². The molecule has 1 amide bonds. The van der Waals surface area contributed by atoms with E-state index >= 15 is 0 Å². The van der Waals surface area contributed by atoms with Crippen molar-refractivity contribution in [2.45, 2.75) is 19.3 Å². The van der Waals surface area contributed by atoms with Crippen LogP contribution in [0.25, 0.3) is 0 Å². The summed E-state index contributed by atoms with van der Waals surface area (Å²) in [6, 6.07) is 7.29. The van der Waals surface area contributed by atoms with Gasteiger partial charge >= 0.3 is 0 Å². The molecule has 1 heterocycles. The molecule has 1 saturated heterocycles. The Kier molecular flexibility index (Phi) is 7.19. The highest BCUT2D eigenvalue weighted by Gasteiger charge is 2.14.